The van der Waals surface area contributed by atoms with E-state index in [0.29, 0.717) is 6.42 Å². The predicted molar refractivity (Wildman–Crippen MR) is 53.8 cm³/mol. The number of carbonyl (C=O) groups excluding carboxylic acids is 2. The van der Waals surface area contributed by atoms with E-state index in [2.05, 4.69) is 0 Å². The highest BCUT2D eigenvalue weighted by Gasteiger charge is 2.11. The second-order valence-electron chi connectivity index (χ2n) is 3.06. The molecule has 0 unspecified atom stereocenters. The normalized spacial score (nSPS) is 9.67. The molecule has 0 radical (unpaired) electrons. The molecule has 0 saturated heterocycles. The third-order valence-electron chi connectivity index (χ3n) is 1.96. The number of benzene rings is 1. The molecule has 5 heteroatoms. The number of hydrogen-bond acceptors (Lipinski definition) is 4. The summed E-state index contributed by atoms with van der Waals surface area (Å²) < 4.78 is 0. The van der Waals surface area contributed by atoms with Gasteiger partial charge >= 0.3 is 5.91 Å². The van der Waals surface area contributed by atoms with Gasteiger partial charge in [-0.1, -0.05) is 12.1 Å². The maximum Gasteiger partial charge on any atom is 0.301 e. The van der Waals surface area contributed by atoms with E-state index in [9.17, 15) is 9.59 Å². The summed E-state index contributed by atoms with van der Waals surface area (Å²) in [6, 6.07) is 6.46. The van der Waals surface area contributed by atoms with Crippen LogP contribution in [0.3, 0.4) is 0 Å². The molecule has 0 fully saturated rings. The number of Topliss-reactive ketones (excluding diaryl/α,β-unsaturated/α-hetero) is 1. The second-order valence-corrected chi connectivity index (χ2v) is 3.06. The van der Waals surface area contributed by atoms with Crippen molar-refractivity contribution in [3.63, 3.8) is 0 Å². The highest BCUT2D eigenvalue weighted by atomic mass is 16.3. The van der Waals surface area contributed by atoms with Crippen LogP contribution in [0.15, 0.2) is 24.3 Å². The highest BCUT2D eigenvalue weighted by Crippen LogP contribution is 2.11. The lowest BCUT2D eigenvalue weighted by molar-refractivity contribution is -0.137. The third kappa shape index (κ3) is 3.40. The van der Waals surface area contributed by atoms with E-state index in [1.165, 1.54) is 12.1 Å². The van der Waals surface area contributed by atoms with Gasteiger partial charge in [0.05, 0.1) is 0 Å². The van der Waals surface area contributed by atoms with Crippen molar-refractivity contribution in [1.82, 2.24) is 5.43 Å². The van der Waals surface area contributed by atoms with Crippen molar-refractivity contribution in [3.8, 4) is 5.75 Å². The summed E-state index contributed by atoms with van der Waals surface area (Å²) in [6.07, 6.45) is 0.556. The summed E-state index contributed by atoms with van der Waals surface area (Å²) in [5.74, 6) is 3.65. The Morgan fingerprint density at radius 3 is 2.40 bits per heavy atom. The molecule has 0 aliphatic rings. The second kappa shape index (κ2) is 5.11. The van der Waals surface area contributed by atoms with Crippen molar-refractivity contribution in [2.75, 3.05) is 0 Å². The number of phenolic OH excluding ortho intramolecular Hbond substituents is 1. The van der Waals surface area contributed by atoms with E-state index in [-0.39, 0.29) is 12.2 Å². The largest absolute Gasteiger partial charge is 0.508 e. The van der Waals surface area contributed by atoms with Gasteiger partial charge in [-0.05, 0) is 24.1 Å². The third-order valence-corrected chi connectivity index (χ3v) is 1.96. The molecule has 0 saturated carbocycles. The van der Waals surface area contributed by atoms with Gasteiger partial charge in [0.15, 0.2) is 0 Å². The average Bonchev–Trinajstić information content (AvgIpc) is 2.26. The summed E-state index contributed by atoms with van der Waals surface area (Å²) in [5.41, 5.74) is 2.66. The summed E-state index contributed by atoms with van der Waals surface area (Å²) in [7, 11) is 0. The first kappa shape index (κ1) is 11.2. The first-order valence-electron chi connectivity index (χ1n) is 4.45. The summed E-state index contributed by atoms with van der Waals surface area (Å²) in [5, 5.41) is 9.01. The average molecular weight is 208 g/mol. The van der Waals surface area contributed by atoms with E-state index >= 15 is 0 Å². The summed E-state index contributed by atoms with van der Waals surface area (Å²) in [4.78, 5) is 21.8. The topological polar surface area (TPSA) is 92.4 Å². The number of rotatable bonds is 4. The molecule has 4 N–H and O–H groups in total. The fourth-order valence-corrected chi connectivity index (χ4v) is 1.11. The molecule has 0 spiro atoms. The minimum atomic E-state index is -0.784. The summed E-state index contributed by atoms with van der Waals surface area (Å²) in [6.45, 7) is 0. The lowest BCUT2D eigenvalue weighted by Gasteiger charge is -2.00. The Hall–Kier alpha value is -1.88. The number of phenols is 1. The first-order chi connectivity index (χ1) is 7.13. The van der Waals surface area contributed by atoms with Crippen LogP contribution in [0.25, 0.3) is 0 Å². The highest BCUT2D eigenvalue weighted by molar-refractivity contribution is 6.35. The predicted octanol–water partition coefficient (Wildman–Crippen LogP) is -0.116. The molecular formula is C10H12N2O3. The Bertz CT molecular complexity index is 359. The van der Waals surface area contributed by atoms with Gasteiger partial charge in [-0.25, -0.2) is 5.84 Å². The van der Waals surface area contributed by atoms with Crippen molar-refractivity contribution < 1.29 is 14.7 Å². The van der Waals surface area contributed by atoms with Crippen LogP contribution in [0.4, 0.5) is 0 Å². The zero-order valence-electron chi connectivity index (χ0n) is 8.06. The maximum atomic E-state index is 11.1. The molecule has 1 aromatic rings. The van der Waals surface area contributed by atoms with Gasteiger partial charge in [-0.15, -0.1) is 0 Å². The fraction of sp³-hybridized carbons (Fsp3) is 0.200. The minimum Gasteiger partial charge on any atom is -0.508 e. The molecule has 5 nitrogen and oxygen atoms in total. The monoisotopic (exact) mass is 208 g/mol. The Balaban J connectivity index is 2.47. The van der Waals surface area contributed by atoms with Crippen LogP contribution in [-0.4, -0.2) is 16.8 Å². The standard InChI is InChI=1S/C10H12N2O3/c11-12-10(15)9(14)6-3-7-1-4-8(13)5-2-7/h1-2,4-5,13H,3,6,11H2,(H,12,15). The number of nitrogens with one attached hydrogen (secondary N) is 1. The number of amides is 1. The molecule has 0 bridgehead atoms. The molecule has 1 amide bonds. The zero-order chi connectivity index (χ0) is 11.3. The Kier molecular flexibility index (Phi) is 3.82. The smallest absolute Gasteiger partial charge is 0.301 e. The van der Waals surface area contributed by atoms with Crippen LogP contribution in [0, 0.1) is 0 Å². The zero-order valence-corrected chi connectivity index (χ0v) is 8.06. The fourth-order valence-electron chi connectivity index (χ4n) is 1.11. The lowest BCUT2D eigenvalue weighted by Crippen LogP contribution is -2.36. The first-order valence-corrected chi connectivity index (χ1v) is 4.45. The quantitative estimate of drug-likeness (QED) is 0.278. The lowest BCUT2D eigenvalue weighted by atomic mass is 10.1. The van der Waals surface area contributed by atoms with E-state index < -0.39 is 11.7 Å². The van der Waals surface area contributed by atoms with E-state index in [0.717, 1.165) is 5.56 Å². The minimum absolute atomic E-state index is 0.105. The molecular weight excluding hydrogens is 196 g/mol. The van der Waals surface area contributed by atoms with Gasteiger partial charge in [0.2, 0.25) is 5.78 Å². The number of hydrazine groups is 1. The Morgan fingerprint density at radius 1 is 1.27 bits per heavy atom. The van der Waals surface area contributed by atoms with Crippen molar-refractivity contribution in [2.45, 2.75) is 12.8 Å². The van der Waals surface area contributed by atoms with E-state index in [1.807, 2.05) is 0 Å². The summed E-state index contributed by atoms with van der Waals surface area (Å²) >= 11 is 0. The molecule has 0 aromatic heterocycles. The number of carbonyl (C=O) groups is 2. The number of nitrogens with two attached hydrogens (primary N) is 1. The van der Waals surface area contributed by atoms with Gasteiger partial charge < -0.3 is 5.11 Å². The van der Waals surface area contributed by atoms with Gasteiger partial charge in [0, 0.05) is 6.42 Å². The van der Waals surface area contributed by atoms with Crippen LogP contribution in [0.5, 0.6) is 5.75 Å². The van der Waals surface area contributed by atoms with Crippen molar-refractivity contribution in [1.29, 1.82) is 0 Å². The van der Waals surface area contributed by atoms with Crippen molar-refractivity contribution in [2.24, 2.45) is 5.84 Å². The van der Waals surface area contributed by atoms with Crippen molar-refractivity contribution in [3.05, 3.63) is 29.8 Å². The van der Waals surface area contributed by atoms with Gasteiger partial charge in [0.25, 0.3) is 0 Å². The van der Waals surface area contributed by atoms with E-state index in [1.54, 1.807) is 17.6 Å². The van der Waals surface area contributed by atoms with Crippen molar-refractivity contribution >= 4 is 11.7 Å². The van der Waals surface area contributed by atoms with Crippen LogP contribution < -0.4 is 11.3 Å². The molecule has 0 atom stereocenters. The number of aryl methyl sites for hydroxylation is 1. The van der Waals surface area contributed by atoms with Crippen LogP contribution in [-0.2, 0) is 16.0 Å². The van der Waals surface area contributed by atoms with Crippen LogP contribution in [0.2, 0.25) is 0 Å². The Morgan fingerprint density at radius 2 is 1.87 bits per heavy atom. The van der Waals surface area contributed by atoms with Gasteiger partial charge in [0.1, 0.15) is 5.75 Å². The molecule has 80 valence electrons. The Labute approximate surface area is 86.9 Å². The number of hydrogen-bond donors (Lipinski definition) is 3. The number of aromatic hydroxyl groups is 1. The molecule has 0 aliphatic heterocycles. The van der Waals surface area contributed by atoms with Gasteiger partial charge in [-0.2, -0.15) is 0 Å². The number of ketones is 1. The van der Waals surface area contributed by atoms with Crippen LogP contribution in [0.1, 0.15) is 12.0 Å². The van der Waals surface area contributed by atoms with Gasteiger partial charge in [-0.3, -0.25) is 15.0 Å². The molecule has 0 heterocycles. The molecule has 0 aliphatic carbocycles. The SMILES string of the molecule is NNC(=O)C(=O)CCc1ccc(O)cc1. The maximum absolute atomic E-state index is 11.1. The molecule has 1 rings (SSSR count). The van der Waals surface area contributed by atoms with E-state index in [4.69, 9.17) is 10.9 Å². The molecule has 15 heavy (non-hydrogen) atoms. The van der Waals surface area contributed by atoms with Crippen LogP contribution >= 0.6 is 0 Å². The molecule has 1 aromatic carbocycles.